The molecule has 0 radical (unpaired) electrons. The lowest BCUT2D eigenvalue weighted by atomic mass is 9.89. The first-order valence-electron chi connectivity index (χ1n) is 4.40. The third-order valence-corrected chi connectivity index (χ3v) is 2.06. The zero-order valence-corrected chi connectivity index (χ0v) is 8.35. The van der Waals surface area contributed by atoms with Crippen molar-refractivity contribution in [2.45, 2.75) is 27.2 Å². The molecular weight excluding hydrogens is 136 g/mol. The molecule has 0 aliphatic carbocycles. The summed E-state index contributed by atoms with van der Waals surface area (Å²) in [4.78, 5) is 2.33. The summed E-state index contributed by atoms with van der Waals surface area (Å²) in [5.74, 6) is 0. The summed E-state index contributed by atoms with van der Waals surface area (Å²) < 4.78 is 0. The lowest BCUT2D eigenvalue weighted by Crippen LogP contribution is -2.32. The summed E-state index contributed by atoms with van der Waals surface area (Å²) >= 11 is 0. The maximum absolute atomic E-state index is 5.51. The Balaban J connectivity index is 3.70. The Bertz CT molecular complexity index is 99.7. The molecule has 2 heteroatoms. The molecule has 2 nitrogen and oxygen atoms in total. The summed E-state index contributed by atoms with van der Waals surface area (Å²) in [5.41, 5.74) is 5.89. The van der Waals surface area contributed by atoms with Gasteiger partial charge in [-0.25, -0.2) is 0 Å². The van der Waals surface area contributed by atoms with Crippen LogP contribution in [0.3, 0.4) is 0 Å². The highest BCUT2D eigenvalue weighted by atomic mass is 15.1. The molecule has 0 aromatic heterocycles. The molecule has 0 aromatic rings. The number of nitrogens with zero attached hydrogens (tertiary/aromatic N) is 1. The van der Waals surface area contributed by atoms with Crippen LogP contribution in [0, 0.1) is 5.41 Å². The van der Waals surface area contributed by atoms with Gasteiger partial charge in [-0.05, 0) is 32.0 Å². The molecular formula is C9H22N2. The largest absolute Gasteiger partial charge is 0.330 e. The first-order valence-corrected chi connectivity index (χ1v) is 4.40. The van der Waals surface area contributed by atoms with E-state index in [1.807, 2.05) is 0 Å². The molecule has 0 fully saturated rings. The Morgan fingerprint density at radius 3 is 2.27 bits per heavy atom. The van der Waals surface area contributed by atoms with E-state index < -0.39 is 0 Å². The molecule has 0 bridgehead atoms. The fraction of sp³-hybridized carbons (Fsp3) is 1.00. The van der Waals surface area contributed by atoms with Crippen molar-refractivity contribution in [3.63, 3.8) is 0 Å². The molecule has 0 heterocycles. The molecule has 0 aromatic carbocycles. The number of hydrogen-bond donors (Lipinski definition) is 1. The fourth-order valence-corrected chi connectivity index (χ4v) is 1.31. The Labute approximate surface area is 70.8 Å². The van der Waals surface area contributed by atoms with Crippen molar-refractivity contribution in [3.8, 4) is 0 Å². The van der Waals surface area contributed by atoms with Crippen molar-refractivity contribution in [2.75, 3.05) is 26.7 Å². The predicted molar refractivity (Wildman–Crippen MR) is 50.6 cm³/mol. The van der Waals surface area contributed by atoms with Crippen molar-refractivity contribution in [2.24, 2.45) is 11.1 Å². The first-order chi connectivity index (χ1) is 5.02. The molecule has 0 saturated heterocycles. The van der Waals surface area contributed by atoms with E-state index in [1.165, 1.54) is 0 Å². The van der Waals surface area contributed by atoms with E-state index in [1.54, 1.807) is 0 Å². The Kier molecular flexibility index (Phi) is 4.69. The molecule has 0 saturated carbocycles. The van der Waals surface area contributed by atoms with Crippen molar-refractivity contribution in [3.05, 3.63) is 0 Å². The number of rotatable bonds is 5. The van der Waals surface area contributed by atoms with Crippen LogP contribution in [0.25, 0.3) is 0 Å². The van der Waals surface area contributed by atoms with Gasteiger partial charge >= 0.3 is 0 Å². The van der Waals surface area contributed by atoms with Crippen LogP contribution in [0.2, 0.25) is 0 Å². The van der Waals surface area contributed by atoms with E-state index >= 15 is 0 Å². The van der Waals surface area contributed by atoms with Gasteiger partial charge in [0.1, 0.15) is 0 Å². The second-order valence-corrected chi connectivity index (χ2v) is 4.03. The monoisotopic (exact) mass is 158 g/mol. The Hall–Kier alpha value is -0.0800. The highest BCUT2D eigenvalue weighted by molar-refractivity contribution is 4.72. The van der Waals surface area contributed by atoms with Gasteiger partial charge in [-0.15, -0.1) is 0 Å². The minimum atomic E-state index is 0.375. The van der Waals surface area contributed by atoms with E-state index in [2.05, 4.69) is 32.7 Å². The van der Waals surface area contributed by atoms with Gasteiger partial charge in [0, 0.05) is 6.54 Å². The fourth-order valence-electron chi connectivity index (χ4n) is 1.31. The van der Waals surface area contributed by atoms with Crippen LogP contribution >= 0.6 is 0 Å². The van der Waals surface area contributed by atoms with Crippen LogP contribution < -0.4 is 5.73 Å². The van der Waals surface area contributed by atoms with Gasteiger partial charge in [0.25, 0.3) is 0 Å². The lowest BCUT2D eigenvalue weighted by molar-refractivity contribution is 0.207. The predicted octanol–water partition coefficient (Wildman–Crippen LogP) is 1.31. The Morgan fingerprint density at radius 1 is 1.36 bits per heavy atom. The van der Waals surface area contributed by atoms with Gasteiger partial charge in [-0.3, -0.25) is 0 Å². The lowest BCUT2D eigenvalue weighted by Gasteiger charge is -2.29. The normalized spacial score (nSPS) is 12.5. The van der Waals surface area contributed by atoms with E-state index in [0.717, 1.165) is 26.1 Å². The Morgan fingerprint density at radius 2 is 1.91 bits per heavy atom. The average molecular weight is 158 g/mol. The van der Waals surface area contributed by atoms with Gasteiger partial charge in [0.2, 0.25) is 0 Å². The smallest absolute Gasteiger partial charge is 0.00300 e. The van der Waals surface area contributed by atoms with Gasteiger partial charge < -0.3 is 10.6 Å². The van der Waals surface area contributed by atoms with Crippen LogP contribution in [-0.4, -0.2) is 31.6 Å². The van der Waals surface area contributed by atoms with Crippen LogP contribution in [0.4, 0.5) is 0 Å². The van der Waals surface area contributed by atoms with Crippen molar-refractivity contribution in [1.29, 1.82) is 0 Å². The van der Waals surface area contributed by atoms with Crippen molar-refractivity contribution >= 4 is 0 Å². The summed E-state index contributed by atoms with van der Waals surface area (Å²) in [6.07, 6.45) is 1.11. The van der Waals surface area contributed by atoms with E-state index in [9.17, 15) is 0 Å². The highest BCUT2D eigenvalue weighted by Gasteiger charge is 2.17. The second-order valence-electron chi connectivity index (χ2n) is 4.03. The van der Waals surface area contributed by atoms with Gasteiger partial charge in [0.15, 0.2) is 0 Å². The number of hydrogen-bond acceptors (Lipinski definition) is 2. The molecule has 11 heavy (non-hydrogen) atoms. The third-order valence-electron chi connectivity index (χ3n) is 2.06. The second kappa shape index (κ2) is 4.73. The molecule has 0 aliphatic heterocycles. The summed E-state index contributed by atoms with van der Waals surface area (Å²) in [7, 11) is 2.15. The van der Waals surface area contributed by atoms with E-state index in [0.29, 0.717) is 5.41 Å². The molecule has 0 unspecified atom stereocenters. The minimum Gasteiger partial charge on any atom is -0.330 e. The molecule has 0 atom stereocenters. The van der Waals surface area contributed by atoms with Crippen LogP contribution in [-0.2, 0) is 0 Å². The summed E-state index contributed by atoms with van der Waals surface area (Å²) in [6, 6.07) is 0. The summed E-state index contributed by atoms with van der Waals surface area (Å²) in [5, 5.41) is 0. The van der Waals surface area contributed by atoms with E-state index in [4.69, 9.17) is 5.73 Å². The molecule has 0 aliphatic rings. The van der Waals surface area contributed by atoms with Gasteiger partial charge in [-0.1, -0.05) is 20.8 Å². The topological polar surface area (TPSA) is 29.3 Å². The van der Waals surface area contributed by atoms with Crippen molar-refractivity contribution < 1.29 is 0 Å². The molecule has 0 rings (SSSR count). The zero-order valence-electron chi connectivity index (χ0n) is 8.35. The third kappa shape index (κ3) is 5.22. The molecule has 68 valence electrons. The first kappa shape index (κ1) is 10.9. The summed E-state index contributed by atoms with van der Waals surface area (Å²) in [6.45, 7) is 9.77. The maximum atomic E-state index is 5.51. The van der Waals surface area contributed by atoms with Gasteiger partial charge in [-0.2, -0.15) is 0 Å². The minimum absolute atomic E-state index is 0.375. The average Bonchev–Trinajstić information content (AvgIpc) is 1.86. The van der Waals surface area contributed by atoms with Crippen molar-refractivity contribution in [1.82, 2.24) is 4.90 Å². The standard InChI is InChI=1S/C9H22N2/c1-5-11(4)8-9(2,3)6-7-10/h5-8,10H2,1-4H3. The quantitative estimate of drug-likeness (QED) is 0.653. The van der Waals surface area contributed by atoms with Crippen LogP contribution in [0.1, 0.15) is 27.2 Å². The van der Waals surface area contributed by atoms with Crippen LogP contribution in [0.15, 0.2) is 0 Å². The molecule has 0 spiro atoms. The maximum Gasteiger partial charge on any atom is 0.00300 e. The SMILES string of the molecule is CCN(C)CC(C)(C)CCN. The van der Waals surface area contributed by atoms with Gasteiger partial charge in [0.05, 0.1) is 0 Å². The van der Waals surface area contributed by atoms with E-state index in [-0.39, 0.29) is 0 Å². The molecule has 0 amide bonds. The van der Waals surface area contributed by atoms with Crippen LogP contribution in [0.5, 0.6) is 0 Å². The highest BCUT2D eigenvalue weighted by Crippen LogP contribution is 2.19. The molecule has 2 N–H and O–H groups in total. The zero-order chi connectivity index (χ0) is 8.91. The number of nitrogens with two attached hydrogens (primary N) is 1.